The Labute approximate surface area is 184 Å². The van der Waals surface area contributed by atoms with Crippen LogP contribution in [-0.4, -0.2) is 53.1 Å². The lowest BCUT2D eigenvalue weighted by Crippen LogP contribution is -2.54. The van der Waals surface area contributed by atoms with Crippen molar-refractivity contribution in [2.75, 3.05) is 13.6 Å². The van der Waals surface area contributed by atoms with Gasteiger partial charge in [0.2, 0.25) is 0 Å². The van der Waals surface area contributed by atoms with Crippen molar-refractivity contribution in [3.8, 4) is 0 Å². The van der Waals surface area contributed by atoms with E-state index in [-0.39, 0.29) is 18.1 Å². The van der Waals surface area contributed by atoms with Crippen LogP contribution in [0, 0.1) is 11.6 Å². The number of likely N-dealkylation sites (N-methyl/N-ethyl adjacent to an activating group) is 1. The number of carbonyl (C=O) groups is 2. The standard InChI is InChI=1S/C24H23F2N3O3/c1-13(30)23(31)22-24(32)28(3)12-20(29(22)27-2)21-17-5-4-6-19(26)16(17)10-8-14-7-9-15(25)11-18(14)21/h4-7,9,11,20-21,31H,2,8,10,12H2,1,3H3/b23-22+. The maximum absolute atomic E-state index is 14.8. The predicted molar refractivity (Wildman–Crippen MR) is 115 cm³/mol. The molecule has 0 saturated carbocycles. The summed E-state index contributed by atoms with van der Waals surface area (Å²) in [6.07, 6.45) is 0.950. The normalized spacial score (nSPS) is 22.1. The minimum absolute atomic E-state index is 0.142. The summed E-state index contributed by atoms with van der Waals surface area (Å²) in [7, 11) is 1.54. The highest BCUT2D eigenvalue weighted by molar-refractivity contribution is 6.03. The summed E-state index contributed by atoms with van der Waals surface area (Å²) in [5, 5.41) is 15.6. The van der Waals surface area contributed by atoms with Gasteiger partial charge in [-0.2, -0.15) is 5.10 Å². The topological polar surface area (TPSA) is 73.2 Å². The maximum Gasteiger partial charge on any atom is 0.275 e. The number of ketones is 1. The van der Waals surface area contributed by atoms with Crippen LogP contribution in [-0.2, 0) is 22.4 Å². The number of Topliss-reactive ketones (excluding diaryl/α,β-unsaturated/α-hetero) is 1. The van der Waals surface area contributed by atoms with E-state index in [4.69, 9.17) is 0 Å². The van der Waals surface area contributed by atoms with Crippen LogP contribution in [0.5, 0.6) is 0 Å². The Morgan fingerprint density at radius 1 is 1.19 bits per heavy atom. The molecule has 1 amide bonds. The molecule has 0 bridgehead atoms. The third-order valence-electron chi connectivity index (χ3n) is 6.23. The minimum Gasteiger partial charge on any atom is -0.503 e. The van der Waals surface area contributed by atoms with Crippen molar-refractivity contribution in [3.63, 3.8) is 0 Å². The predicted octanol–water partition coefficient (Wildman–Crippen LogP) is 3.31. The summed E-state index contributed by atoms with van der Waals surface area (Å²) in [5.74, 6) is -3.41. The number of halogens is 2. The zero-order chi connectivity index (χ0) is 23.2. The molecular formula is C24H23F2N3O3. The highest BCUT2D eigenvalue weighted by Gasteiger charge is 2.44. The highest BCUT2D eigenvalue weighted by Crippen LogP contribution is 2.42. The average Bonchev–Trinajstić information content (AvgIpc) is 2.92. The van der Waals surface area contributed by atoms with Gasteiger partial charge in [0.15, 0.2) is 17.2 Å². The highest BCUT2D eigenvalue weighted by atomic mass is 19.1. The molecule has 1 N–H and O–H groups in total. The zero-order valence-electron chi connectivity index (χ0n) is 17.8. The Kier molecular flexibility index (Phi) is 5.54. The molecule has 0 spiro atoms. The van der Waals surface area contributed by atoms with E-state index < -0.39 is 35.2 Å². The van der Waals surface area contributed by atoms with Crippen molar-refractivity contribution in [1.29, 1.82) is 0 Å². The van der Waals surface area contributed by atoms with Crippen LogP contribution >= 0.6 is 0 Å². The van der Waals surface area contributed by atoms with Crippen LogP contribution in [0.3, 0.4) is 0 Å². The lowest BCUT2D eigenvalue weighted by atomic mass is 9.81. The lowest BCUT2D eigenvalue weighted by molar-refractivity contribution is -0.133. The van der Waals surface area contributed by atoms with Gasteiger partial charge >= 0.3 is 0 Å². The van der Waals surface area contributed by atoms with Crippen LogP contribution in [0.15, 0.2) is 53.0 Å². The number of allylic oxidation sites excluding steroid dienone is 1. The number of benzene rings is 2. The molecule has 2 atom stereocenters. The first kappa shape index (κ1) is 21.7. The van der Waals surface area contributed by atoms with Crippen molar-refractivity contribution < 1.29 is 23.5 Å². The van der Waals surface area contributed by atoms with E-state index in [0.717, 1.165) is 12.5 Å². The van der Waals surface area contributed by atoms with E-state index in [9.17, 15) is 23.5 Å². The number of hydrogen-bond donors (Lipinski definition) is 1. The summed E-state index contributed by atoms with van der Waals surface area (Å²) < 4.78 is 29.2. The number of carbonyl (C=O) groups excluding carboxylic acids is 2. The molecule has 0 radical (unpaired) electrons. The molecule has 1 aliphatic carbocycles. The first-order chi connectivity index (χ1) is 15.2. The van der Waals surface area contributed by atoms with Gasteiger partial charge in [0, 0.05) is 33.2 Å². The quantitative estimate of drug-likeness (QED) is 0.453. The number of hydrogen-bond acceptors (Lipinski definition) is 5. The van der Waals surface area contributed by atoms with Crippen molar-refractivity contribution in [2.45, 2.75) is 31.7 Å². The van der Waals surface area contributed by atoms with Crippen LogP contribution in [0.4, 0.5) is 8.78 Å². The molecule has 2 aliphatic rings. The fourth-order valence-electron chi connectivity index (χ4n) is 4.74. The van der Waals surface area contributed by atoms with E-state index in [2.05, 4.69) is 11.8 Å². The molecule has 1 aliphatic heterocycles. The van der Waals surface area contributed by atoms with E-state index in [1.165, 1.54) is 28.1 Å². The van der Waals surface area contributed by atoms with E-state index >= 15 is 0 Å². The molecule has 8 heteroatoms. The van der Waals surface area contributed by atoms with Gasteiger partial charge in [0.05, 0.1) is 6.04 Å². The van der Waals surface area contributed by atoms with Crippen molar-refractivity contribution in [3.05, 3.63) is 81.7 Å². The van der Waals surface area contributed by atoms with E-state index in [1.807, 2.05) is 0 Å². The Balaban J connectivity index is 1.99. The summed E-state index contributed by atoms with van der Waals surface area (Å²) >= 11 is 0. The number of aliphatic hydroxyl groups is 1. The first-order valence-corrected chi connectivity index (χ1v) is 10.3. The van der Waals surface area contributed by atoms with E-state index in [1.54, 1.807) is 25.2 Å². The first-order valence-electron chi connectivity index (χ1n) is 10.3. The molecule has 6 nitrogen and oxygen atoms in total. The second kappa shape index (κ2) is 8.18. The second-order valence-corrected chi connectivity index (χ2v) is 8.12. The number of nitrogens with zero attached hydrogens (tertiary/aromatic N) is 3. The molecule has 2 unspecified atom stereocenters. The number of piperazine rings is 1. The fourth-order valence-corrected chi connectivity index (χ4v) is 4.74. The SMILES string of the molecule is C=NN1/C(=C(/O)C(C)=O)C(=O)N(C)CC1C1c2cc(F)ccc2CCc2c(F)cccc21. The van der Waals surface area contributed by atoms with Crippen molar-refractivity contribution in [2.24, 2.45) is 5.10 Å². The Bertz CT molecular complexity index is 1160. The summed E-state index contributed by atoms with van der Waals surface area (Å²) in [6.45, 7) is 4.83. The monoisotopic (exact) mass is 439 g/mol. The summed E-state index contributed by atoms with van der Waals surface area (Å²) in [5.41, 5.74) is 2.37. The number of amides is 1. The Morgan fingerprint density at radius 3 is 2.62 bits per heavy atom. The average molecular weight is 439 g/mol. The van der Waals surface area contributed by atoms with Crippen LogP contribution in [0.1, 0.15) is 35.1 Å². The maximum atomic E-state index is 14.8. The van der Waals surface area contributed by atoms with Crippen molar-refractivity contribution in [1.82, 2.24) is 9.91 Å². The van der Waals surface area contributed by atoms with Gasteiger partial charge in [-0.15, -0.1) is 0 Å². The number of aliphatic hydroxyl groups excluding tert-OH is 1. The number of fused-ring (bicyclic) bond motifs is 2. The van der Waals surface area contributed by atoms with Crippen LogP contribution in [0.2, 0.25) is 0 Å². The molecule has 1 fully saturated rings. The Morgan fingerprint density at radius 2 is 1.94 bits per heavy atom. The molecule has 1 heterocycles. The number of aryl methyl sites for hydroxylation is 1. The van der Waals surface area contributed by atoms with Crippen LogP contribution in [0.25, 0.3) is 0 Å². The summed E-state index contributed by atoms with van der Waals surface area (Å²) in [6, 6.07) is 8.59. The van der Waals surface area contributed by atoms with Crippen LogP contribution < -0.4 is 0 Å². The third kappa shape index (κ3) is 3.45. The van der Waals surface area contributed by atoms with Gasteiger partial charge in [-0.3, -0.25) is 14.6 Å². The van der Waals surface area contributed by atoms with Gasteiger partial charge < -0.3 is 10.0 Å². The van der Waals surface area contributed by atoms with Gasteiger partial charge in [-0.25, -0.2) is 8.78 Å². The largest absolute Gasteiger partial charge is 0.503 e. The zero-order valence-corrected chi connectivity index (χ0v) is 17.8. The molecule has 32 heavy (non-hydrogen) atoms. The molecular weight excluding hydrogens is 416 g/mol. The molecule has 2 aromatic rings. The third-order valence-corrected chi connectivity index (χ3v) is 6.23. The molecule has 4 rings (SSSR count). The minimum atomic E-state index is -0.730. The van der Waals surface area contributed by atoms with Gasteiger partial charge in [-0.05, 0) is 53.3 Å². The van der Waals surface area contributed by atoms with E-state index in [0.29, 0.717) is 29.5 Å². The number of hydrazone groups is 1. The fraction of sp³-hybridized carbons (Fsp3) is 0.292. The van der Waals surface area contributed by atoms with Gasteiger partial charge in [0.25, 0.3) is 5.91 Å². The number of rotatable bonds is 3. The van der Waals surface area contributed by atoms with Gasteiger partial charge in [0.1, 0.15) is 11.6 Å². The molecule has 1 saturated heterocycles. The molecule has 166 valence electrons. The second-order valence-electron chi connectivity index (χ2n) is 8.12. The van der Waals surface area contributed by atoms with Crippen molar-refractivity contribution >= 4 is 18.4 Å². The summed E-state index contributed by atoms with van der Waals surface area (Å²) in [4.78, 5) is 26.1. The Hall–Kier alpha value is -3.55. The van der Waals surface area contributed by atoms with Gasteiger partial charge in [-0.1, -0.05) is 18.2 Å². The molecule has 2 aromatic carbocycles. The smallest absolute Gasteiger partial charge is 0.275 e. The lowest BCUT2D eigenvalue weighted by Gasteiger charge is -2.43. The molecule has 0 aromatic heterocycles.